The Kier molecular flexibility index (Phi) is 8.64. The van der Waals surface area contributed by atoms with Gasteiger partial charge in [0.05, 0.1) is 0 Å². The van der Waals surface area contributed by atoms with E-state index in [4.69, 9.17) is 0 Å². The van der Waals surface area contributed by atoms with Crippen LogP contribution in [-0.4, -0.2) is 60.5 Å². The van der Waals surface area contributed by atoms with E-state index < -0.39 is 0 Å². The van der Waals surface area contributed by atoms with Gasteiger partial charge < -0.3 is 10.2 Å². The number of carbonyl (C=O) groups excluding carboxylic acids is 1. The number of halogens is 2. The van der Waals surface area contributed by atoms with Gasteiger partial charge in [-0.05, 0) is 64.1 Å². The topological polar surface area (TPSA) is 35.6 Å². The average Bonchev–Trinajstić information content (AvgIpc) is 2.94. The SMILES string of the molecule is CC(CC(=O)N1CC2CCCN2CC1C)C1CCNCC1.Cl.Cl. The van der Waals surface area contributed by atoms with E-state index >= 15 is 0 Å². The highest BCUT2D eigenvalue weighted by Crippen LogP contribution is 2.28. The van der Waals surface area contributed by atoms with Crippen LogP contribution in [-0.2, 0) is 4.79 Å². The van der Waals surface area contributed by atoms with Crippen LogP contribution < -0.4 is 5.32 Å². The lowest BCUT2D eigenvalue weighted by molar-refractivity contribution is -0.138. The molecule has 23 heavy (non-hydrogen) atoms. The Morgan fingerprint density at radius 3 is 2.57 bits per heavy atom. The van der Waals surface area contributed by atoms with Crippen LogP contribution in [0.3, 0.4) is 0 Å². The minimum Gasteiger partial charge on any atom is -0.337 e. The first-order valence-corrected chi connectivity index (χ1v) is 8.89. The zero-order valence-corrected chi connectivity index (χ0v) is 16.1. The summed E-state index contributed by atoms with van der Waals surface area (Å²) in [7, 11) is 0. The van der Waals surface area contributed by atoms with E-state index in [0.29, 0.717) is 23.9 Å². The van der Waals surface area contributed by atoms with Crippen molar-refractivity contribution in [2.45, 2.75) is 58.0 Å². The minimum absolute atomic E-state index is 0. The Labute approximate surface area is 153 Å². The fourth-order valence-corrected chi connectivity index (χ4v) is 4.51. The lowest BCUT2D eigenvalue weighted by Crippen LogP contribution is -2.57. The Balaban J connectivity index is 0.00000132. The van der Waals surface area contributed by atoms with Gasteiger partial charge in [0.2, 0.25) is 5.91 Å². The second-order valence-electron chi connectivity index (χ2n) is 7.45. The fraction of sp³-hybridized carbons (Fsp3) is 0.941. The first-order chi connectivity index (χ1) is 10.1. The largest absolute Gasteiger partial charge is 0.337 e. The molecular formula is C17H33Cl2N3O. The molecule has 0 aromatic rings. The Hall–Kier alpha value is -0.0300. The van der Waals surface area contributed by atoms with Gasteiger partial charge in [-0.2, -0.15) is 0 Å². The summed E-state index contributed by atoms with van der Waals surface area (Å²) < 4.78 is 0. The van der Waals surface area contributed by atoms with Gasteiger partial charge in [0.15, 0.2) is 0 Å². The molecule has 3 rings (SSSR count). The molecule has 0 aromatic carbocycles. The number of amides is 1. The summed E-state index contributed by atoms with van der Waals surface area (Å²) in [6.07, 6.45) is 5.81. The van der Waals surface area contributed by atoms with Crippen LogP contribution in [0.25, 0.3) is 0 Å². The molecule has 6 heteroatoms. The van der Waals surface area contributed by atoms with Crippen LogP contribution in [0.2, 0.25) is 0 Å². The molecule has 3 heterocycles. The summed E-state index contributed by atoms with van der Waals surface area (Å²) in [5.74, 6) is 1.67. The van der Waals surface area contributed by atoms with Gasteiger partial charge in [-0.15, -0.1) is 24.8 Å². The van der Waals surface area contributed by atoms with Crippen molar-refractivity contribution in [3.05, 3.63) is 0 Å². The van der Waals surface area contributed by atoms with E-state index in [-0.39, 0.29) is 24.8 Å². The maximum atomic E-state index is 12.7. The maximum absolute atomic E-state index is 12.7. The fourth-order valence-electron chi connectivity index (χ4n) is 4.51. The molecule has 3 aliphatic rings. The van der Waals surface area contributed by atoms with Crippen molar-refractivity contribution >= 4 is 30.7 Å². The summed E-state index contributed by atoms with van der Waals surface area (Å²) in [5.41, 5.74) is 0. The van der Waals surface area contributed by atoms with Crippen LogP contribution in [0.4, 0.5) is 0 Å². The molecule has 3 saturated heterocycles. The summed E-state index contributed by atoms with van der Waals surface area (Å²) in [5, 5.41) is 3.42. The normalized spacial score (nSPS) is 30.1. The summed E-state index contributed by atoms with van der Waals surface area (Å²) in [6, 6.07) is 1.03. The number of piperidine rings is 1. The highest BCUT2D eigenvalue weighted by Gasteiger charge is 2.37. The quantitative estimate of drug-likeness (QED) is 0.834. The van der Waals surface area contributed by atoms with Crippen molar-refractivity contribution in [3.63, 3.8) is 0 Å². The smallest absolute Gasteiger partial charge is 0.223 e. The number of carbonyl (C=O) groups is 1. The van der Waals surface area contributed by atoms with Gasteiger partial charge in [0.1, 0.15) is 0 Å². The van der Waals surface area contributed by atoms with Crippen LogP contribution in [0.1, 0.15) is 46.0 Å². The average molecular weight is 366 g/mol. The Morgan fingerprint density at radius 2 is 1.87 bits per heavy atom. The van der Waals surface area contributed by atoms with E-state index in [9.17, 15) is 4.79 Å². The third kappa shape index (κ3) is 4.97. The number of piperazine rings is 1. The maximum Gasteiger partial charge on any atom is 0.223 e. The Bertz CT molecular complexity index is 377. The van der Waals surface area contributed by atoms with Gasteiger partial charge >= 0.3 is 0 Å². The number of hydrogen-bond donors (Lipinski definition) is 1. The number of fused-ring (bicyclic) bond motifs is 1. The summed E-state index contributed by atoms with van der Waals surface area (Å²) in [4.78, 5) is 17.5. The van der Waals surface area contributed by atoms with Crippen molar-refractivity contribution in [1.29, 1.82) is 0 Å². The third-order valence-electron chi connectivity index (χ3n) is 5.94. The number of nitrogens with zero attached hydrogens (tertiary/aromatic N) is 2. The molecule has 3 unspecified atom stereocenters. The lowest BCUT2D eigenvalue weighted by atomic mass is 9.83. The number of rotatable bonds is 3. The van der Waals surface area contributed by atoms with Gasteiger partial charge in [0, 0.05) is 31.6 Å². The molecule has 136 valence electrons. The molecule has 0 aromatic heterocycles. The molecule has 0 aliphatic carbocycles. The van der Waals surface area contributed by atoms with Gasteiger partial charge in [0.25, 0.3) is 0 Å². The van der Waals surface area contributed by atoms with Crippen molar-refractivity contribution in [1.82, 2.24) is 15.1 Å². The minimum atomic E-state index is 0. The van der Waals surface area contributed by atoms with Crippen molar-refractivity contribution in [3.8, 4) is 0 Å². The van der Waals surface area contributed by atoms with Crippen molar-refractivity contribution in [2.24, 2.45) is 11.8 Å². The Morgan fingerprint density at radius 1 is 1.17 bits per heavy atom. The molecule has 3 aliphatic heterocycles. The second-order valence-corrected chi connectivity index (χ2v) is 7.45. The van der Waals surface area contributed by atoms with Gasteiger partial charge in [-0.1, -0.05) is 6.92 Å². The molecule has 0 saturated carbocycles. The van der Waals surface area contributed by atoms with E-state index in [1.54, 1.807) is 0 Å². The molecular weight excluding hydrogens is 333 g/mol. The predicted molar refractivity (Wildman–Crippen MR) is 99.6 cm³/mol. The first-order valence-electron chi connectivity index (χ1n) is 8.89. The standard InChI is InChI=1S/C17H31N3O.2ClH/c1-13(15-5-7-18-8-6-15)10-17(21)20-12-16-4-3-9-19(16)11-14(20)2;;/h13-16,18H,3-12H2,1-2H3;2*1H. The van der Waals surface area contributed by atoms with E-state index in [0.717, 1.165) is 38.5 Å². The van der Waals surface area contributed by atoms with E-state index in [1.807, 2.05) is 0 Å². The van der Waals surface area contributed by atoms with Gasteiger partial charge in [-0.3, -0.25) is 9.69 Å². The monoisotopic (exact) mass is 365 g/mol. The molecule has 4 nitrogen and oxygen atoms in total. The van der Waals surface area contributed by atoms with Crippen LogP contribution in [0.5, 0.6) is 0 Å². The van der Waals surface area contributed by atoms with Gasteiger partial charge in [-0.25, -0.2) is 0 Å². The number of nitrogens with one attached hydrogen (secondary N) is 1. The van der Waals surface area contributed by atoms with Crippen LogP contribution in [0.15, 0.2) is 0 Å². The van der Waals surface area contributed by atoms with Crippen molar-refractivity contribution < 1.29 is 4.79 Å². The van der Waals surface area contributed by atoms with Crippen LogP contribution in [0, 0.1) is 11.8 Å². The predicted octanol–water partition coefficient (Wildman–Crippen LogP) is 2.55. The van der Waals surface area contributed by atoms with Crippen molar-refractivity contribution in [2.75, 3.05) is 32.7 Å². The molecule has 3 atom stereocenters. The molecule has 0 bridgehead atoms. The lowest BCUT2D eigenvalue weighted by Gasteiger charge is -2.43. The van der Waals surface area contributed by atoms with Crippen LogP contribution >= 0.6 is 24.8 Å². The highest BCUT2D eigenvalue weighted by molar-refractivity contribution is 5.85. The summed E-state index contributed by atoms with van der Waals surface area (Å²) in [6.45, 7) is 10.0. The molecule has 1 amide bonds. The highest BCUT2D eigenvalue weighted by atomic mass is 35.5. The summed E-state index contributed by atoms with van der Waals surface area (Å²) >= 11 is 0. The molecule has 3 fully saturated rings. The molecule has 0 spiro atoms. The number of hydrogen-bond acceptors (Lipinski definition) is 3. The van der Waals surface area contributed by atoms with E-state index in [2.05, 4.69) is 29.0 Å². The molecule has 1 N–H and O–H groups in total. The zero-order valence-electron chi connectivity index (χ0n) is 14.5. The zero-order chi connectivity index (χ0) is 14.8. The second kappa shape index (κ2) is 9.45. The first kappa shape index (κ1) is 21.0. The van der Waals surface area contributed by atoms with E-state index in [1.165, 1.54) is 32.2 Å². The third-order valence-corrected chi connectivity index (χ3v) is 5.94. The molecule has 0 radical (unpaired) electrons.